The van der Waals surface area contributed by atoms with Crippen molar-refractivity contribution in [2.45, 2.75) is 0 Å². The molecule has 3 heteroatoms. The van der Waals surface area contributed by atoms with E-state index in [2.05, 4.69) is 191 Å². The first-order chi connectivity index (χ1) is 24.3. The molecular formula is C46H30N2S. The standard InChI is InChI=1S/C46H30N2S/c1-2-10-31(11-3-1)32-18-20-35(21-19-32)47(38-26-27-46-42(30-38)40-15-7-9-17-45(40)49-46)36-22-24-37(25-23-36)48-43-16-8-6-14-39(43)41-28-33-12-4-5-13-34(33)29-44(41)48/h1-30H. The molecule has 0 aliphatic carbocycles. The molecule has 0 N–H and O–H groups in total. The van der Waals surface area contributed by atoms with Crippen molar-refractivity contribution in [2.24, 2.45) is 0 Å². The lowest BCUT2D eigenvalue weighted by atomic mass is 10.0. The summed E-state index contributed by atoms with van der Waals surface area (Å²) in [5.74, 6) is 0. The zero-order valence-corrected chi connectivity index (χ0v) is 27.4. The average molecular weight is 643 g/mol. The fourth-order valence-electron chi connectivity index (χ4n) is 7.42. The second-order valence-electron chi connectivity index (χ2n) is 12.6. The molecule has 0 saturated heterocycles. The summed E-state index contributed by atoms with van der Waals surface area (Å²) in [6.07, 6.45) is 0. The first kappa shape index (κ1) is 27.9. The van der Waals surface area contributed by atoms with Crippen LogP contribution < -0.4 is 4.90 Å². The third kappa shape index (κ3) is 4.62. The highest BCUT2D eigenvalue weighted by Crippen LogP contribution is 2.42. The molecule has 0 atom stereocenters. The van der Waals surface area contributed by atoms with E-state index in [1.807, 2.05) is 11.3 Å². The first-order valence-electron chi connectivity index (χ1n) is 16.7. The Hall–Kier alpha value is -6.16. The van der Waals surface area contributed by atoms with E-state index >= 15 is 0 Å². The lowest BCUT2D eigenvalue weighted by Gasteiger charge is -2.26. The number of nitrogens with zero attached hydrogens (tertiary/aromatic N) is 2. The molecule has 0 amide bonds. The summed E-state index contributed by atoms with van der Waals surface area (Å²) in [5.41, 5.74) is 9.37. The number of anilines is 3. The number of benzene rings is 8. The summed E-state index contributed by atoms with van der Waals surface area (Å²) in [4.78, 5) is 2.38. The highest BCUT2D eigenvalue weighted by Gasteiger charge is 2.17. The van der Waals surface area contributed by atoms with Crippen LogP contribution in [0.15, 0.2) is 182 Å². The quantitative estimate of drug-likeness (QED) is 0.181. The zero-order valence-electron chi connectivity index (χ0n) is 26.6. The molecule has 2 heterocycles. The van der Waals surface area contributed by atoms with Crippen LogP contribution in [0.3, 0.4) is 0 Å². The number of hydrogen-bond donors (Lipinski definition) is 0. The van der Waals surface area contributed by atoms with Crippen LogP contribution in [0, 0.1) is 0 Å². The Morgan fingerprint density at radius 1 is 0.367 bits per heavy atom. The van der Waals surface area contributed by atoms with E-state index in [1.165, 1.54) is 63.9 Å². The lowest BCUT2D eigenvalue weighted by Crippen LogP contribution is -2.10. The maximum Gasteiger partial charge on any atom is 0.0547 e. The van der Waals surface area contributed by atoms with E-state index < -0.39 is 0 Å². The molecule has 2 aromatic heterocycles. The summed E-state index contributed by atoms with van der Waals surface area (Å²) in [7, 11) is 0. The largest absolute Gasteiger partial charge is 0.310 e. The molecule has 0 saturated carbocycles. The van der Waals surface area contributed by atoms with Gasteiger partial charge in [0.1, 0.15) is 0 Å². The van der Waals surface area contributed by atoms with Crippen LogP contribution in [0.4, 0.5) is 17.1 Å². The van der Waals surface area contributed by atoms with Crippen LogP contribution in [0.25, 0.3) is 69.6 Å². The second kappa shape index (κ2) is 11.2. The van der Waals surface area contributed by atoms with Crippen molar-refractivity contribution in [2.75, 3.05) is 4.90 Å². The van der Waals surface area contributed by atoms with Gasteiger partial charge in [-0.25, -0.2) is 0 Å². The van der Waals surface area contributed by atoms with Crippen molar-refractivity contribution in [3.8, 4) is 16.8 Å². The van der Waals surface area contributed by atoms with Crippen molar-refractivity contribution in [1.82, 2.24) is 4.57 Å². The number of hydrogen-bond acceptors (Lipinski definition) is 2. The van der Waals surface area contributed by atoms with Gasteiger partial charge in [-0.1, -0.05) is 103 Å². The Balaban J connectivity index is 1.13. The third-order valence-corrected chi connectivity index (χ3v) is 10.9. The maximum atomic E-state index is 2.41. The number of para-hydroxylation sites is 1. The Morgan fingerprint density at radius 3 is 1.76 bits per heavy atom. The van der Waals surface area contributed by atoms with Crippen molar-refractivity contribution in [3.63, 3.8) is 0 Å². The number of fused-ring (bicyclic) bond motifs is 7. The van der Waals surface area contributed by atoms with Gasteiger partial charge in [0, 0.05) is 53.7 Å². The van der Waals surface area contributed by atoms with Crippen LogP contribution >= 0.6 is 11.3 Å². The van der Waals surface area contributed by atoms with Gasteiger partial charge in [-0.05, 0) is 101 Å². The molecule has 0 unspecified atom stereocenters. The van der Waals surface area contributed by atoms with Gasteiger partial charge in [0.2, 0.25) is 0 Å². The Kier molecular flexibility index (Phi) is 6.39. The van der Waals surface area contributed by atoms with E-state index in [9.17, 15) is 0 Å². The lowest BCUT2D eigenvalue weighted by molar-refractivity contribution is 1.17. The molecule has 10 aromatic rings. The van der Waals surface area contributed by atoms with E-state index in [-0.39, 0.29) is 0 Å². The fourth-order valence-corrected chi connectivity index (χ4v) is 8.50. The molecule has 0 bridgehead atoms. The normalized spacial score (nSPS) is 11.7. The Labute approximate surface area is 288 Å². The van der Waals surface area contributed by atoms with E-state index in [1.54, 1.807) is 0 Å². The van der Waals surface area contributed by atoms with Gasteiger partial charge in [-0.15, -0.1) is 11.3 Å². The van der Waals surface area contributed by atoms with Gasteiger partial charge in [0.15, 0.2) is 0 Å². The highest BCUT2D eigenvalue weighted by molar-refractivity contribution is 7.25. The molecule has 0 radical (unpaired) electrons. The summed E-state index contributed by atoms with van der Waals surface area (Å²) in [6.45, 7) is 0. The molecule has 0 aliphatic rings. The maximum absolute atomic E-state index is 2.41. The van der Waals surface area contributed by atoms with Crippen LogP contribution in [0.2, 0.25) is 0 Å². The predicted molar refractivity (Wildman–Crippen MR) is 211 cm³/mol. The van der Waals surface area contributed by atoms with Crippen LogP contribution in [-0.4, -0.2) is 4.57 Å². The Bertz CT molecular complexity index is 2810. The Morgan fingerprint density at radius 2 is 0.959 bits per heavy atom. The molecule has 8 aromatic carbocycles. The van der Waals surface area contributed by atoms with E-state index in [0.29, 0.717) is 0 Å². The van der Waals surface area contributed by atoms with Gasteiger partial charge in [-0.3, -0.25) is 0 Å². The van der Waals surface area contributed by atoms with Gasteiger partial charge in [-0.2, -0.15) is 0 Å². The first-order valence-corrected chi connectivity index (χ1v) is 17.5. The van der Waals surface area contributed by atoms with E-state index in [0.717, 1.165) is 22.7 Å². The highest BCUT2D eigenvalue weighted by atomic mass is 32.1. The second-order valence-corrected chi connectivity index (χ2v) is 13.7. The molecule has 10 rings (SSSR count). The molecule has 2 nitrogen and oxygen atoms in total. The van der Waals surface area contributed by atoms with Gasteiger partial charge >= 0.3 is 0 Å². The smallest absolute Gasteiger partial charge is 0.0547 e. The summed E-state index contributed by atoms with van der Waals surface area (Å²) < 4.78 is 5.03. The summed E-state index contributed by atoms with van der Waals surface area (Å²) >= 11 is 1.85. The van der Waals surface area contributed by atoms with Crippen molar-refractivity contribution in [1.29, 1.82) is 0 Å². The van der Waals surface area contributed by atoms with E-state index in [4.69, 9.17) is 0 Å². The predicted octanol–water partition coefficient (Wildman–Crippen LogP) is 13.4. The van der Waals surface area contributed by atoms with Crippen molar-refractivity contribution in [3.05, 3.63) is 182 Å². The summed E-state index contributed by atoms with van der Waals surface area (Å²) in [6, 6.07) is 66.2. The molecular weight excluding hydrogens is 613 g/mol. The average Bonchev–Trinajstić information content (AvgIpc) is 3.70. The van der Waals surface area contributed by atoms with Gasteiger partial charge in [0.25, 0.3) is 0 Å². The van der Waals surface area contributed by atoms with Gasteiger partial charge in [0.05, 0.1) is 11.0 Å². The van der Waals surface area contributed by atoms with Crippen LogP contribution in [0.5, 0.6) is 0 Å². The minimum atomic E-state index is 1.11. The third-order valence-electron chi connectivity index (χ3n) is 9.76. The van der Waals surface area contributed by atoms with Crippen LogP contribution in [0.1, 0.15) is 0 Å². The van der Waals surface area contributed by atoms with Gasteiger partial charge < -0.3 is 9.47 Å². The minimum Gasteiger partial charge on any atom is -0.310 e. The number of aromatic nitrogens is 1. The van der Waals surface area contributed by atoms with Crippen molar-refractivity contribution >= 4 is 81.1 Å². The molecule has 0 spiro atoms. The molecule has 230 valence electrons. The monoisotopic (exact) mass is 642 g/mol. The van der Waals surface area contributed by atoms with Crippen LogP contribution in [-0.2, 0) is 0 Å². The summed E-state index contributed by atoms with van der Waals surface area (Å²) in [5, 5.41) is 7.64. The minimum absolute atomic E-state index is 1.11. The molecule has 0 fully saturated rings. The topological polar surface area (TPSA) is 8.17 Å². The zero-order chi connectivity index (χ0) is 32.3. The molecule has 0 aliphatic heterocycles. The number of thiophene rings is 1. The SMILES string of the molecule is c1ccc(-c2ccc(N(c3ccc(-n4c5ccccc5c5cc6ccccc6cc54)cc3)c3ccc4sc5ccccc5c4c3)cc2)cc1. The molecule has 49 heavy (non-hydrogen) atoms. The van der Waals surface area contributed by atoms with Crippen molar-refractivity contribution < 1.29 is 0 Å². The fraction of sp³-hybridized carbons (Fsp3) is 0. The number of rotatable bonds is 5.